The van der Waals surface area contributed by atoms with Crippen molar-refractivity contribution in [2.75, 3.05) is 24.9 Å². The van der Waals surface area contributed by atoms with E-state index in [0.29, 0.717) is 24.5 Å². The van der Waals surface area contributed by atoms with Crippen LogP contribution in [0.3, 0.4) is 0 Å². The van der Waals surface area contributed by atoms with Gasteiger partial charge in [-0.25, -0.2) is 14.8 Å². The topological polar surface area (TPSA) is 121 Å². The van der Waals surface area contributed by atoms with E-state index in [1.807, 2.05) is 42.5 Å². The maximum atomic E-state index is 12.2. The van der Waals surface area contributed by atoms with E-state index < -0.39 is 6.03 Å². The molecule has 0 saturated heterocycles. The fourth-order valence-corrected chi connectivity index (χ4v) is 2.76. The van der Waals surface area contributed by atoms with Gasteiger partial charge in [-0.3, -0.25) is 5.32 Å². The Balaban J connectivity index is 1.55. The Morgan fingerprint density at radius 3 is 2.35 bits per heavy atom. The minimum Gasteiger partial charge on any atom is -0.497 e. The predicted octanol–water partition coefficient (Wildman–Crippen LogP) is 3.30. The van der Waals surface area contributed by atoms with E-state index in [-0.39, 0.29) is 11.5 Å². The van der Waals surface area contributed by atoms with E-state index in [9.17, 15) is 4.79 Å². The Morgan fingerprint density at radius 2 is 1.71 bits per heavy atom. The molecule has 9 heteroatoms. The van der Waals surface area contributed by atoms with Crippen LogP contribution in [-0.4, -0.2) is 30.2 Å². The highest BCUT2D eigenvalue weighted by Gasteiger charge is 2.10. The molecule has 3 rings (SSSR count). The van der Waals surface area contributed by atoms with E-state index in [0.717, 1.165) is 16.9 Å². The van der Waals surface area contributed by atoms with Crippen LogP contribution >= 0.6 is 0 Å². The van der Waals surface area contributed by atoms with Crippen LogP contribution in [0.2, 0.25) is 0 Å². The van der Waals surface area contributed by atoms with Gasteiger partial charge in [0, 0.05) is 13.1 Å². The number of benzene rings is 2. The van der Waals surface area contributed by atoms with E-state index in [1.165, 1.54) is 12.4 Å². The van der Waals surface area contributed by atoms with E-state index in [1.54, 1.807) is 20.3 Å². The van der Waals surface area contributed by atoms with Gasteiger partial charge >= 0.3 is 6.03 Å². The van der Waals surface area contributed by atoms with Crippen LogP contribution in [0.25, 0.3) is 0 Å². The molecule has 2 amide bonds. The van der Waals surface area contributed by atoms with Crippen molar-refractivity contribution >= 4 is 17.5 Å². The van der Waals surface area contributed by atoms with Gasteiger partial charge in [-0.15, -0.1) is 0 Å². The first-order chi connectivity index (χ1) is 15.1. The summed E-state index contributed by atoms with van der Waals surface area (Å²) in [5.74, 6) is 1.59. The lowest BCUT2D eigenvalue weighted by atomic mass is 10.1. The lowest BCUT2D eigenvalue weighted by Gasteiger charge is -2.13. The second-order valence-corrected chi connectivity index (χ2v) is 6.46. The molecule has 0 spiro atoms. The quantitative estimate of drug-likeness (QED) is 0.513. The molecule has 0 bridgehead atoms. The summed E-state index contributed by atoms with van der Waals surface area (Å²) in [4.78, 5) is 20.0. The second kappa shape index (κ2) is 10.6. The van der Waals surface area contributed by atoms with Crippen molar-refractivity contribution in [1.29, 1.82) is 5.26 Å². The van der Waals surface area contributed by atoms with Crippen molar-refractivity contribution in [2.45, 2.75) is 13.1 Å². The van der Waals surface area contributed by atoms with E-state index in [2.05, 4.69) is 25.9 Å². The molecule has 9 nitrogen and oxygen atoms in total. The number of methoxy groups -OCH3 is 2. The minimum atomic E-state index is -0.498. The van der Waals surface area contributed by atoms with Gasteiger partial charge in [0.2, 0.25) is 0 Å². The first kappa shape index (κ1) is 21.5. The largest absolute Gasteiger partial charge is 0.497 e. The van der Waals surface area contributed by atoms with Gasteiger partial charge in [0.15, 0.2) is 11.5 Å². The third kappa shape index (κ3) is 6.16. The zero-order valence-electron chi connectivity index (χ0n) is 17.2. The predicted molar refractivity (Wildman–Crippen MR) is 116 cm³/mol. The number of hydrogen-bond acceptors (Lipinski definition) is 7. The van der Waals surface area contributed by atoms with Crippen LogP contribution in [0, 0.1) is 11.3 Å². The number of nitrogens with zero attached hydrogens (tertiary/aromatic N) is 3. The molecule has 0 aliphatic rings. The maximum Gasteiger partial charge on any atom is 0.324 e. The SMILES string of the molecule is COc1ccc(CNCc2ccc(NC(=O)Nc3cnc(C#N)cn3)c(OC)c2)cc1. The molecule has 0 aliphatic carbocycles. The summed E-state index contributed by atoms with van der Waals surface area (Å²) < 4.78 is 10.6. The van der Waals surface area contributed by atoms with Crippen LogP contribution in [0.1, 0.15) is 16.8 Å². The van der Waals surface area contributed by atoms with E-state index in [4.69, 9.17) is 14.7 Å². The standard InChI is InChI=1S/C22H22N6O3/c1-30-18-6-3-15(4-7-18)11-24-12-16-5-8-19(20(9-16)31-2)27-22(29)28-21-14-25-17(10-23)13-26-21/h3-9,13-14,24H,11-12H2,1-2H3,(H2,26,27,28,29). The van der Waals surface area contributed by atoms with Crippen LogP contribution in [-0.2, 0) is 13.1 Å². The molecule has 2 aromatic carbocycles. The van der Waals surface area contributed by atoms with Gasteiger partial charge in [0.25, 0.3) is 0 Å². The smallest absolute Gasteiger partial charge is 0.324 e. The molecule has 0 unspecified atom stereocenters. The minimum absolute atomic E-state index is 0.170. The number of rotatable bonds is 8. The van der Waals surface area contributed by atoms with Gasteiger partial charge < -0.3 is 20.1 Å². The number of amides is 2. The lowest BCUT2D eigenvalue weighted by Crippen LogP contribution is -2.21. The number of carbonyl (C=O) groups excluding carboxylic acids is 1. The summed E-state index contributed by atoms with van der Waals surface area (Å²) in [5.41, 5.74) is 2.84. The maximum absolute atomic E-state index is 12.2. The molecule has 3 N–H and O–H groups in total. The third-order valence-corrected chi connectivity index (χ3v) is 4.34. The molecule has 0 atom stereocenters. The third-order valence-electron chi connectivity index (χ3n) is 4.34. The zero-order chi connectivity index (χ0) is 22.1. The molecule has 31 heavy (non-hydrogen) atoms. The fourth-order valence-electron chi connectivity index (χ4n) is 2.76. The fraction of sp³-hybridized carbons (Fsp3) is 0.182. The zero-order valence-corrected chi connectivity index (χ0v) is 17.2. The van der Waals surface area contributed by atoms with Crippen molar-refractivity contribution in [3.05, 3.63) is 71.7 Å². The van der Waals surface area contributed by atoms with Crippen molar-refractivity contribution in [3.63, 3.8) is 0 Å². The number of nitriles is 1. The summed E-state index contributed by atoms with van der Waals surface area (Å²) >= 11 is 0. The van der Waals surface area contributed by atoms with Crippen molar-refractivity contribution in [1.82, 2.24) is 15.3 Å². The Kier molecular flexibility index (Phi) is 7.35. The Hall–Kier alpha value is -4.16. The number of anilines is 2. The molecule has 3 aromatic rings. The summed E-state index contributed by atoms with van der Waals surface area (Å²) in [6.45, 7) is 1.34. The highest BCUT2D eigenvalue weighted by molar-refractivity contribution is 6.00. The average molecular weight is 418 g/mol. The van der Waals surface area contributed by atoms with Crippen molar-refractivity contribution in [2.24, 2.45) is 0 Å². The van der Waals surface area contributed by atoms with Gasteiger partial charge in [-0.1, -0.05) is 18.2 Å². The molecule has 1 heterocycles. The normalized spacial score (nSPS) is 10.1. The number of carbonyl (C=O) groups is 1. The number of nitrogens with one attached hydrogen (secondary N) is 3. The first-order valence-electron chi connectivity index (χ1n) is 9.42. The number of ether oxygens (including phenoxy) is 2. The number of urea groups is 1. The lowest BCUT2D eigenvalue weighted by molar-refractivity contribution is 0.262. The number of hydrogen-bond donors (Lipinski definition) is 3. The van der Waals surface area contributed by atoms with Gasteiger partial charge in [-0.2, -0.15) is 5.26 Å². The molecule has 0 aliphatic heterocycles. The van der Waals surface area contributed by atoms with Gasteiger partial charge in [0.05, 0.1) is 32.3 Å². The molecule has 0 radical (unpaired) electrons. The number of aromatic nitrogens is 2. The average Bonchev–Trinajstić information content (AvgIpc) is 2.81. The van der Waals surface area contributed by atoms with Gasteiger partial charge in [-0.05, 0) is 35.4 Å². The van der Waals surface area contributed by atoms with Crippen molar-refractivity contribution in [3.8, 4) is 17.6 Å². The summed E-state index contributed by atoms with van der Waals surface area (Å²) in [7, 11) is 3.18. The Bertz CT molecular complexity index is 1060. The molecular formula is C22H22N6O3. The molecular weight excluding hydrogens is 396 g/mol. The van der Waals surface area contributed by atoms with Crippen LogP contribution < -0.4 is 25.4 Å². The monoisotopic (exact) mass is 418 g/mol. The second-order valence-electron chi connectivity index (χ2n) is 6.46. The van der Waals surface area contributed by atoms with E-state index >= 15 is 0 Å². The highest BCUT2D eigenvalue weighted by atomic mass is 16.5. The molecule has 0 fully saturated rings. The first-order valence-corrected chi connectivity index (χ1v) is 9.42. The van der Waals surface area contributed by atoms with Crippen LogP contribution in [0.15, 0.2) is 54.9 Å². The van der Waals surface area contributed by atoms with Crippen LogP contribution in [0.4, 0.5) is 16.3 Å². The van der Waals surface area contributed by atoms with Crippen molar-refractivity contribution < 1.29 is 14.3 Å². The molecule has 0 saturated carbocycles. The van der Waals surface area contributed by atoms with Gasteiger partial charge in [0.1, 0.15) is 17.6 Å². The molecule has 158 valence electrons. The molecule has 1 aromatic heterocycles. The summed E-state index contributed by atoms with van der Waals surface area (Å²) in [5, 5.41) is 17.4. The summed E-state index contributed by atoms with van der Waals surface area (Å²) in [6.07, 6.45) is 2.59. The highest BCUT2D eigenvalue weighted by Crippen LogP contribution is 2.26. The Labute approximate surface area is 180 Å². The Morgan fingerprint density at radius 1 is 0.968 bits per heavy atom. The summed E-state index contributed by atoms with van der Waals surface area (Å²) in [6, 6.07) is 14.8. The van der Waals surface area contributed by atoms with Crippen LogP contribution in [0.5, 0.6) is 11.5 Å².